The van der Waals surface area contributed by atoms with Crippen LogP contribution in [0.4, 0.5) is 0 Å². The van der Waals surface area contributed by atoms with Crippen molar-refractivity contribution < 1.29 is 19.1 Å². The van der Waals surface area contributed by atoms with Gasteiger partial charge in [0.15, 0.2) is 0 Å². The Kier molecular flexibility index (Phi) is 6.65. The van der Waals surface area contributed by atoms with Crippen molar-refractivity contribution in [2.45, 2.75) is 59.4 Å². The summed E-state index contributed by atoms with van der Waals surface area (Å²) in [5.74, 6) is -0.328. The maximum absolute atomic E-state index is 12.9. The summed E-state index contributed by atoms with van der Waals surface area (Å²) in [5, 5.41) is 7.90. The van der Waals surface area contributed by atoms with Gasteiger partial charge in [-0.15, -0.1) is 0 Å². The van der Waals surface area contributed by atoms with E-state index in [0.717, 1.165) is 54.9 Å². The number of hydrogen-bond acceptors (Lipinski definition) is 5. The summed E-state index contributed by atoms with van der Waals surface area (Å²) in [6, 6.07) is 5.73. The van der Waals surface area contributed by atoms with Gasteiger partial charge in [-0.1, -0.05) is 17.7 Å². The number of benzene rings is 1. The first kappa shape index (κ1) is 22.5. The number of esters is 1. The van der Waals surface area contributed by atoms with Gasteiger partial charge in [0.25, 0.3) is 5.91 Å². The molecule has 1 N–H and O–H groups in total. The van der Waals surface area contributed by atoms with E-state index in [9.17, 15) is 9.59 Å². The number of fused-ring (bicyclic) bond motifs is 1. The molecule has 0 saturated carbocycles. The van der Waals surface area contributed by atoms with Gasteiger partial charge in [0, 0.05) is 31.9 Å². The van der Waals surface area contributed by atoms with Crippen LogP contribution in [0.5, 0.6) is 0 Å². The predicted molar refractivity (Wildman–Crippen MR) is 121 cm³/mol. The van der Waals surface area contributed by atoms with Crippen LogP contribution in [0.1, 0.15) is 69.4 Å². The Morgan fingerprint density at radius 2 is 2.06 bits per heavy atom. The predicted octanol–water partition coefficient (Wildman–Crippen LogP) is 3.39. The van der Waals surface area contributed by atoms with E-state index in [1.54, 1.807) is 0 Å². The van der Waals surface area contributed by atoms with Crippen molar-refractivity contribution in [3.63, 3.8) is 0 Å². The molecule has 1 aromatic carbocycles. The van der Waals surface area contributed by atoms with E-state index in [2.05, 4.69) is 5.32 Å². The van der Waals surface area contributed by atoms with Crippen LogP contribution in [0.15, 0.2) is 18.2 Å². The lowest BCUT2D eigenvalue weighted by molar-refractivity contribution is 0.0160. The van der Waals surface area contributed by atoms with Crippen LogP contribution in [0, 0.1) is 19.3 Å². The molecule has 0 aliphatic carbocycles. The number of aromatic nitrogens is 2. The van der Waals surface area contributed by atoms with Gasteiger partial charge in [0.2, 0.25) is 0 Å². The second kappa shape index (κ2) is 9.45. The average Bonchev–Trinajstić information content (AvgIpc) is 3.05. The van der Waals surface area contributed by atoms with Gasteiger partial charge in [-0.05, 0) is 69.9 Å². The van der Waals surface area contributed by atoms with Crippen molar-refractivity contribution in [3.8, 4) is 0 Å². The third-order valence-electron chi connectivity index (χ3n) is 6.77. The molecule has 1 saturated heterocycles. The number of aryl methyl sites for hydroxylation is 4. The first-order valence-corrected chi connectivity index (χ1v) is 11.6. The first-order chi connectivity index (χ1) is 15.4. The maximum Gasteiger partial charge on any atom is 0.338 e. The lowest BCUT2D eigenvalue weighted by atomic mass is 9.75. The van der Waals surface area contributed by atoms with Crippen molar-refractivity contribution >= 4 is 11.9 Å². The molecule has 1 spiro atoms. The summed E-state index contributed by atoms with van der Waals surface area (Å²) in [4.78, 5) is 25.3. The highest BCUT2D eigenvalue weighted by molar-refractivity contribution is 5.95. The topological polar surface area (TPSA) is 82.5 Å². The molecular weight excluding hydrogens is 406 g/mol. The Labute approximate surface area is 189 Å². The zero-order valence-corrected chi connectivity index (χ0v) is 19.3. The summed E-state index contributed by atoms with van der Waals surface area (Å²) in [6.07, 6.45) is 4.06. The third kappa shape index (κ3) is 4.58. The van der Waals surface area contributed by atoms with Crippen molar-refractivity contribution in [1.29, 1.82) is 0 Å². The van der Waals surface area contributed by atoms with E-state index < -0.39 is 0 Å². The van der Waals surface area contributed by atoms with Crippen LogP contribution in [0.25, 0.3) is 0 Å². The van der Waals surface area contributed by atoms with E-state index >= 15 is 0 Å². The second-order valence-corrected chi connectivity index (χ2v) is 9.12. The smallest absolute Gasteiger partial charge is 0.338 e. The number of carbonyl (C=O) groups excluding carboxylic acids is 2. The number of nitrogens with zero attached hydrogens (tertiary/aromatic N) is 2. The van der Waals surface area contributed by atoms with Gasteiger partial charge in [0.1, 0.15) is 5.69 Å². The molecule has 32 heavy (non-hydrogen) atoms. The molecule has 4 rings (SSSR count). The monoisotopic (exact) mass is 439 g/mol. The molecule has 172 valence electrons. The number of ether oxygens (including phenoxy) is 2. The van der Waals surface area contributed by atoms with Crippen molar-refractivity contribution in [2.75, 3.05) is 26.4 Å². The van der Waals surface area contributed by atoms with Gasteiger partial charge < -0.3 is 14.8 Å². The van der Waals surface area contributed by atoms with Crippen LogP contribution >= 0.6 is 0 Å². The highest BCUT2D eigenvalue weighted by atomic mass is 16.5. The Bertz CT molecular complexity index is 1000. The third-order valence-corrected chi connectivity index (χ3v) is 6.77. The molecule has 0 unspecified atom stereocenters. The fraction of sp³-hybridized carbons (Fsp3) is 0.560. The molecule has 2 aliphatic heterocycles. The number of rotatable bonds is 6. The quantitative estimate of drug-likeness (QED) is 0.551. The van der Waals surface area contributed by atoms with Gasteiger partial charge >= 0.3 is 5.97 Å². The molecule has 7 heteroatoms. The van der Waals surface area contributed by atoms with Crippen LogP contribution in [-0.4, -0.2) is 48.0 Å². The zero-order valence-electron chi connectivity index (χ0n) is 19.3. The zero-order chi connectivity index (χ0) is 22.7. The summed E-state index contributed by atoms with van der Waals surface area (Å²) < 4.78 is 12.9. The fourth-order valence-corrected chi connectivity index (χ4v) is 4.89. The Morgan fingerprint density at radius 3 is 2.78 bits per heavy atom. The van der Waals surface area contributed by atoms with Crippen LogP contribution in [0.3, 0.4) is 0 Å². The lowest BCUT2D eigenvalue weighted by Gasteiger charge is -2.36. The highest BCUT2D eigenvalue weighted by Gasteiger charge is 2.39. The average molecular weight is 440 g/mol. The fourth-order valence-electron chi connectivity index (χ4n) is 4.89. The molecule has 0 bridgehead atoms. The molecule has 0 atom stereocenters. The van der Waals surface area contributed by atoms with E-state index in [1.807, 2.05) is 43.7 Å². The Morgan fingerprint density at radius 1 is 1.28 bits per heavy atom. The van der Waals surface area contributed by atoms with Gasteiger partial charge in [0.05, 0.1) is 17.9 Å². The summed E-state index contributed by atoms with van der Waals surface area (Å²) >= 11 is 0. The van der Waals surface area contributed by atoms with Crippen LogP contribution in [0.2, 0.25) is 0 Å². The van der Waals surface area contributed by atoms with Crippen LogP contribution in [-0.2, 0) is 28.9 Å². The summed E-state index contributed by atoms with van der Waals surface area (Å²) in [6.45, 7) is 9.05. The molecule has 2 aromatic rings. The standard InChI is InChI=1S/C25H33N3O4/c1-4-28-22-20(15-25(16-26-23(22)29)9-12-31-13-10-25)21(27-28)6-5-11-32-24(30)19-8-7-17(2)14-18(19)3/h7-8,14H,4-6,9-13,15-16H2,1-3H3,(H,26,29). The largest absolute Gasteiger partial charge is 0.462 e. The Hall–Kier alpha value is -2.67. The van der Waals surface area contributed by atoms with Crippen molar-refractivity contribution in [1.82, 2.24) is 15.1 Å². The van der Waals surface area contributed by atoms with Crippen LogP contribution < -0.4 is 5.32 Å². The van der Waals surface area contributed by atoms with Crippen molar-refractivity contribution in [2.24, 2.45) is 5.41 Å². The molecule has 1 aromatic heterocycles. The van der Waals surface area contributed by atoms with Gasteiger partial charge in [-0.2, -0.15) is 5.10 Å². The number of hydrogen-bond donors (Lipinski definition) is 1. The van der Waals surface area contributed by atoms with E-state index in [4.69, 9.17) is 14.6 Å². The molecular formula is C25H33N3O4. The first-order valence-electron chi connectivity index (χ1n) is 11.6. The molecule has 1 amide bonds. The van der Waals surface area contributed by atoms with Crippen molar-refractivity contribution in [3.05, 3.63) is 51.8 Å². The van der Waals surface area contributed by atoms with E-state index in [-0.39, 0.29) is 17.3 Å². The number of carbonyl (C=O) groups is 2. The molecule has 1 fully saturated rings. The minimum atomic E-state index is -0.291. The minimum absolute atomic E-state index is 0.0327. The molecule has 2 aliphatic rings. The van der Waals surface area contributed by atoms with E-state index in [1.165, 1.54) is 0 Å². The lowest BCUT2D eigenvalue weighted by Crippen LogP contribution is -2.40. The summed E-state index contributed by atoms with van der Waals surface area (Å²) in [7, 11) is 0. The van der Waals surface area contributed by atoms with Gasteiger partial charge in [-0.3, -0.25) is 9.48 Å². The summed E-state index contributed by atoms with van der Waals surface area (Å²) in [5.41, 5.74) is 5.39. The Balaban J connectivity index is 1.45. The molecule has 3 heterocycles. The number of nitrogens with one attached hydrogen (secondary N) is 1. The molecule has 7 nitrogen and oxygen atoms in total. The maximum atomic E-state index is 12.9. The second-order valence-electron chi connectivity index (χ2n) is 9.12. The van der Waals surface area contributed by atoms with Gasteiger partial charge in [-0.25, -0.2) is 4.79 Å². The normalized spacial score (nSPS) is 17.5. The van der Waals surface area contributed by atoms with E-state index in [0.29, 0.717) is 43.8 Å². The minimum Gasteiger partial charge on any atom is -0.462 e. The highest BCUT2D eigenvalue weighted by Crippen LogP contribution is 2.37. The SMILES string of the molecule is CCn1nc(CCCOC(=O)c2ccc(C)cc2C)c2c1C(=O)NCC1(CCOCC1)C2. The number of amides is 1. The molecule has 0 radical (unpaired) electrons.